The van der Waals surface area contributed by atoms with Crippen LogP contribution in [0.15, 0.2) is 27.1 Å². The summed E-state index contributed by atoms with van der Waals surface area (Å²) in [5, 5.41) is 0.405. The Labute approximate surface area is 231 Å². The molecule has 35 heavy (non-hydrogen) atoms. The van der Waals surface area contributed by atoms with Crippen LogP contribution in [0.4, 0.5) is 0 Å². The molecule has 0 aliphatic heterocycles. The highest BCUT2D eigenvalue weighted by atomic mass is 79.9. The largest absolute Gasteiger partial charge is 0.487 e. The number of fused-ring (bicyclic) bond motifs is 1. The van der Waals surface area contributed by atoms with Crippen LogP contribution >= 0.6 is 55.1 Å². The van der Waals surface area contributed by atoms with Crippen LogP contribution in [-0.2, 0) is 23.1 Å². The van der Waals surface area contributed by atoms with E-state index < -0.39 is 21.3 Å². The predicted octanol–water partition coefficient (Wildman–Crippen LogP) is 6.72. The first-order valence-electron chi connectivity index (χ1n) is 11.0. The summed E-state index contributed by atoms with van der Waals surface area (Å²) in [7, 11) is -3.69. The summed E-state index contributed by atoms with van der Waals surface area (Å²) in [5.74, 6) is 0.0274. The van der Waals surface area contributed by atoms with Gasteiger partial charge < -0.3 is 4.74 Å². The second-order valence-corrected chi connectivity index (χ2v) is 13.6. The smallest absolute Gasteiger partial charge is 0.264 e. The molecule has 0 bridgehead atoms. The Balaban J connectivity index is 1.58. The van der Waals surface area contributed by atoms with Gasteiger partial charge in [-0.1, -0.05) is 74.8 Å². The molecule has 1 atom stereocenters. The average molecular weight is 668 g/mol. The molecule has 2 aliphatic carbocycles. The van der Waals surface area contributed by atoms with Crippen LogP contribution in [0, 0.1) is 11.3 Å². The number of hydrogen-bond donors (Lipinski definition) is 1. The van der Waals surface area contributed by atoms with Gasteiger partial charge in [0.15, 0.2) is 5.78 Å². The van der Waals surface area contributed by atoms with Crippen molar-refractivity contribution in [2.45, 2.75) is 45.6 Å². The van der Waals surface area contributed by atoms with Gasteiger partial charge in [0.05, 0.1) is 11.3 Å². The summed E-state index contributed by atoms with van der Waals surface area (Å²) < 4.78 is 31.8. The van der Waals surface area contributed by atoms with E-state index in [2.05, 4.69) is 31.9 Å². The minimum Gasteiger partial charge on any atom is -0.487 e. The maximum Gasteiger partial charge on any atom is 0.264 e. The fourth-order valence-electron chi connectivity index (χ4n) is 5.05. The van der Waals surface area contributed by atoms with Crippen LogP contribution in [0.3, 0.4) is 0 Å². The van der Waals surface area contributed by atoms with Gasteiger partial charge >= 0.3 is 0 Å². The molecule has 1 fully saturated rings. The Bertz CT molecular complexity index is 1320. The molecule has 0 aromatic heterocycles. The van der Waals surface area contributed by atoms with Crippen molar-refractivity contribution in [3.8, 4) is 5.75 Å². The molecule has 0 heterocycles. The maximum atomic E-state index is 13.4. The molecule has 1 saturated carbocycles. The fraction of sp³-hybridized carbons (Fsp3) is 0.417. The lowest BCUT2D eigenvalue weighted by molar-refractivity contribution is 0.0744. The molecule has 2 aliphatic rings. The number of halogens is 4. The number of benzene rings is 2. The van der Waals surface area contributed by atoms with E-state index >= 15 is 0 Å². The first-order chi connectivity index (χ1) is 16.3. The standard InChI is InChI=1S/C24H23Br2Cl2NO5S/c1-24(14-5-3-4-6-14)10-13-9-18(20(27)21(28)19(13)22(24)30)34-11-15-16(25)7-12(8-17(15)26)23(31)29-35(2,32)33/h7-9,14H,3-6,10-11H2,1-2H3,(H,29,31). The third-order valence-corrected chi connectivity index (χ3v) is 9.69. The number of amides is 1. The second-order valence-electron chi connectivity index (χ2n) is 9.35. The number of hydrogen-bond acceptors (Lipinski definition) is 5. The van der Waals surface area contributed by atoms with E-state index in [1.165, 1.54) is 12.1 Å². The SMILES string of the molecule is CC1(C2CCCC2)Cc2cc(OCc3c(Br)cc(C(=O)NS(C)(=O)=O)cc3Br)c(Cl)c(Cl)c2C1=O. The number of ketones is 1. The summed E-state index contributed by atoms with van der Waals surface area (Å²) in [6.45, 7) is 2.11. The normalized spacial score (nSPS) is 20.2. The highest BCUT2D eigenvalue weighted by Gasteiger charge is 2.49. The van der Waals surface area contributed by atoms with Crippen molar-refractivity contribution in [1.82, 2.24) is 4.72 Å². The molecule has 188 valence electrons. The molecule has 0 radical (unpaired) electrons. The van der Waals surface area contributed by atoms with Crippen molar-refractivity contribution in [3.63, 3.8) is 0 Å². The van der Waals surface area contributed by atoms with Gasteiger partial charge in [-0.25, -0.2) is 13.1 Å². The van der Waals surface area contributed by atoms with Crippen molar-refractivity contribution in [2.75, 3.05) is 6.26 Å². The molecule has 2 aromatic rings. The lowest BCUT2D eigenvalue weighted by atomic mass is 9.73. The zero-order valence-electron chi connectivity index (χ0n) is 19.0. The molecule has 0 saturated heterocycles. The molecule has 1 unspecified atom stereocenters. The lowest BCUT2D eigenvalue weighted by Crippen LogP contribution is -2.32. The molecule has 0 spiro atoms. The van der Waals surface area contributed by atoms with Gasteiger partial charge in [-0.2, -0.15) is 0 Å². The van der Waals surface area contributed by atoms with Crippen LogP contribution in [-0.4, -0.2) is 26.4 Å². The van der Waals surface area contributed by atoms with Crippen LogP contribution in [0.25, 0.3) is 0 Å². The maximum absolute atomic E-state index is 13.4. The Morgan fingerprint density at radius 3 is 2.31 bits per heavy atom. The minimum atomic E-state index is -3.69. The highest BCUT2D eigenvalue weighted by Crippen LogP contribution is 2.52. The van der Waals surface area contributed by atoms with Crippen LogP contribution in [0.2, 0.25) is 10.0 Å². The second kappa shape index (κ2) is 9.97. The summed E-state index contributed by atoms with van der Waals surface area (Å²) >= 11 is 19.9. The van der Waals surface area contributed by atoms with Gasteiger partial charge in [-0.15, -0.1) is 0 Å². The van der Waals surface area contributed by atoms with E-state index in [0.29, 0.717) is 38.2 Å². The zero-order valence-corrected chi connectivity index (χ0v) is 24.5. The number of carbonyl (C=O) groups excluding carboxylic acids is 2. The van der Waals surface area contributed by atoms with Crippen LogP contribution in [0.1, 0.15) is 64.4 Å². The van der Waals surface area contributed by atoms with Crippen molar-refractivity contribution in [2.24, 2.45) is 11.3 Å². The Morgan fingerprint density at radius 2 is 1.74 bits per heavy atom. The van der Waals surface area contributed by atoms with E-state index in [1.807, 2.05) is 11.6 Å². The van der Waals surface area contributed by atoms with Crippen molar-refractivity contribution in [1.29, 1.82) is 0 Å². The number of rotatable bonds is 6. The van der Waals surface area contributed by atoms with E-state index in [1.54, 1.807) is 6.07 Å². The van der Waals surface area contributed by atoms with E-state index in [9.17, 15) is 18.0 Å². The molecule has 1 N–H and O–H groups in total. The number of ether oxygens (including phenoxy) is 1. The molecule has 6 nitrogen and oxygen atoms in total. The van der Waals surface area contributed by atoms with Gasteiger partial charge in [0.1, 0.15) is 17.4 Å². The van der Waals surface area contributed by atoms with E-state index in [4.69, 9.17) is 27.9 Å². The number of nitrogens with one attached hydrogen (secondary N) is 1. The van der Waals surface area contributed by atoms with Gasteiger partial charge in [0.25, 0.3) is 5.91 Å². The first kappa shape index (κ1) is 26.9. The van der Waals surface area contributed by atoms with Gasteiger partial charge in [-0.3, -0.25) is 9.59 Å². The molecule has 4 rings (SSSR count). The fourth-order valence-corrected chi connectivity index (χ4v) is 7.42. The van der Waals surface area contributed by atoms with Gasteiger partial charge in [0, 0.05) is 31.1 Å². The highest BCUT2D eigenvalue weighted by molar-refractivity contribution is 9.11. The third-order valence-electron chi connectivity index (χ3n) is 6.87. The average Bonchev–Trinajstić information content (AvgIpc) is 3.38. The molecule has 2 aromatic carbocycles. The Hall–Kier alpha value is -1.13. The number of Topliss-reactive ketones (excluding diaryl/α,β-unsaturated/α-hetero) is 1. The topological polar surface area (TPSA) is 89.5 Å². The zero-order chi connectivity index (χ0) is 25.7. The van der Waals surface area contributed by atoms with Crippen molar-refractivity contribution < 1.29 is 22.7 Å². The first-order valence-corrected chi connectivity index (χ1v) is 15.2. The van der Waals surface area contributed by atoms with Crippen molar-refractivity contribution in [3.05, 3.63) is 59.4 Å². The van der Waals surface area contributed by atoms with E-state index in [0.717, 1.165) is 37.5 Å². The monoisotopic (exact) mass is 665 g/mol. The quantitative estimate of drug-likeness (QED) is 0.370. The Morgan fingerprint density at radius 1 is 1.14 bits per heavy atom. The van der Waals surface area contributed by atoms with Crippen LogP contribution in [0.5, 0.6) is 5.75 Å². The lowest BCUT2D eigenvalue weighted by Gasteiger charge is -2.29. The number of sulfonamides is 1. The molecule has 1 amide bonds. The summed E-state index contributed by atoms with van der Waals surface area (Å²) in [4.78, 5) is 25.6. The van der Waals surface area contributed by atoms with Crippen LogP contribution < -0.4 is 9.46 Å². The molecule has 11 heteroatoms. The van der Waals surface area contributed by atoms with E-state index in [-0.39, 0.29) is 28.0 Å². The van der Waals surface area contributed by atoms with Gasteiger partial charge in [0.2, 0.25) is 10.0 Å². The summed E-state index contributed by atoms with van der Waals surface area (Å²) in [6.07, 6.45) is 5.90. The Kier molecular flexibility index (Phi) is 7.67. The number of carbonyl (C=O) groups is 2. The minimum absolute atomic E-state index is 0.0614. The van der Waals surface area contributed by atoms with Gasteiger partial charge in [-0.05, 0) is 48.9 Å². The summed E-state index contributed by atoms with van der Waals surface area (Å²) in [6, 6.07) is 4.82. The predicted molar refractivity (Wildman–Crippen MR) is 143 cm³/mol. The molecular formula is C24H23Br2Cl2NO5S. The molecular weight excluding hydrogens is 645 g/mol. The summed E-state index contributed by atoms with van der Waals surface area (Å²) in [5.41, 5.74) is 1.71. The van der Waals surface area contributed by atoms with Crippen molar-refractivity contribution >= 4 is 76.8 Å². The third kappa shape index (κ3) is 5.30.